The maximum atomic E-state index is 5.97. The topological polar surface area (TPSA) is 35.1 Å². The molecule has 0 fully saturated rings. The van der Waals surface area contributed by atoms with E-state index in [0.717, 1.165) is 27.8 Å². The molecule has 0 saturated carbocycles. The lowest BCUT2D eigenvalue weighted by molar-refractivity contribution is 0.949. The van der Waals surface area contributed by atoms with Crippen LogP contribution in [-0.4, -0.2) is 18.9 Å². The van der Waals surface area contributed by atoms with Gasteiger partial charge in [0.1, 0.15) is 16.4 Å². The summed E-state index contributed by atoms with van der Waals surface area (Å²) in [6.45, 7) is 0. The minimum atomic E-state index is 0.510. The molecule has 4 nitrogen and oxygen atoms in total. The van der Waals surface area contributed by atoms with Crippen molar-refractivity contribution in [2.24, 2.45) is 7.05 Å². The molecular formula is C15H11ClN4. The van der Waals surface area contributed by atoms with E-state index in [1.165, 1.54) is 0 Å². The van der Waals surface area contributed by atoms with Crippen LogP contribution in [0.5, 0.6) is 0 Å². The summed E-state index contributed by atoms with van der Waals surface area (Å²) < 4.78 is 4.01. The number of pyridine rings is 2. The number of imidazole rings is 1. The molecule has 0 saturated heterocycles. The van der Waals surface area contributed by atoms with Crippen LogP contribution in [0.2, 0.25) is 5.15 Å². The highest BCUT2D eigenvalue weighted by atomic mass is 35.5. The van der Waals surface area contributed by atoms with Crippen LogP contribution in [0.15, 0.2) is 49.1 Å². The Morgan fingerprint density at radius 2 is 2.00 bits per heavy atom. The SMILES string of the molecule is Cn1cc(-c2ccc3nccn3c2)c2ccc(Cl)nc21. The molecule has 0 aliphatic carbocycles. The zero-order chi connectivity index (χ0) is 13.7. The van der Waals surface area contributed by atoms with Crippen molar-refractivity contribution >= 4 is 28.3 Å². The lowest BCUT2D eigenvalue weighted by Gasteiger charge is -2.01. The summed E-state index contributed by atoms with van der Waals surface area (Å²) >= 11 is 5.97. The highest BCUT2D eigenvalue weighted by molar-refractivity contribution is 6.29. The Kier molecular flexibility index (Phi) is 2.35. The minimum Gasteiger partial charge on any atom is -0.335 e. The first-order valence-corrected chi connectivity index (χ1v) is 6.65. The fraction of sp³-hybridized carbons (Fsp3) is 0.0667. The van der Waals surface area contributed by atoms with Crippen LogP contribution in [0.3, 0.4) is 0 Å². The monoisotopic (exact) mass is 282 g/mol. The number of fused-ring (bicyclic) bond motifs is 2. The maximum Gasteiger partial charge on any atom is 0.142 e. The molecule has 0 N–H and O–H groups in total. The van der Waals surface area contributed by atoms with Gasteiger partial charge in [0.05, 0.1) is 0 Å². The van der Waals surface area contributed by atoms with Gasteiger partial charge >= 0.3 is 0 Å². The van der Waals surface area contributed by atoms with E-state index in [1.807, 2.05) is 40.4 Å². The molecule has 4 aromatic heterocycles. The molecule has 0 aromatic carbocycles. The summed E-state index contributed by atoms with van der Waals surface area (Å²) in [6, 6.07) is 7.92. The summed E-state index contributed by atoms with van der Waals surface area (Å²) in [5, 5.41) is 1.60. The van der Waals surface area contributed by atoms with Crippen molar-refractivity contribution < 1.29 is 0 Å². The van der Waals surface area contributed by atoms with Gasteiger partial charge in [-0.25, -0.2) is 9.97 Å². The van der Waals surface area contributed by atoms with Gasteiger partial charge in [0.2, 0.25) is 0 Å². The lowest BCUT2D eigenvalue weighted by atomic mass is 10.1. The van der Waals surface area contributed by atoms with Gasteiger partial charge in [-0.05, 0) is 24.3 Å². The van der Waals surface area contributed by atoms with E-state index in [1.54, 1.807) is 6.20 Å². The second-order valence-corrected chi connectivity index (χ2v) is 5.16. The van der Waals surface area contributed by atoms with Crippen molar-refractivity contribution in [3.63, 3.8) is 0 Å². The molecule has 0 unspecified atom stereocenters. The first-order chi connectivity index (χ1) is 9.72. The lowest BCUT2D eigenvalue weighted by Crippen LogP contribution is -1.86. The second-order valence-electron chi connectivity index (χ2n) is 4.77. The van der Waals surface area contributed by atoms with E-state index in [2.05, 4.69) is 28.4 Å². The van der Waals surface area contributed by atoms with Crippen LogP contribution >= 0.6 is 11.6 Å². The third-order valence-electron chi connectivity index (χ3n) is 3.49. The maximum absolute atomic E-state index is 5.97. The summed E-state index contributed by atoms with van der Waals surface area (Å²) in [4.78, 5) is 8.64. The van der Waals surface area contributed by atoms with E-state index in [-0.39, 0.29) is 0 Å². The van der Waals surface area contributed by atoms with Crippen LogP contribution in [0.1, 0.15) is 0 Å². The van der Waals surface area contributed by atoms with Gasteiger partial charge in [-0.3, -0.25) is 0 Å². The van der Waals surface area contributed by atoms with E-state index in [4.69, 9.17) is 11.6 Å². The Labute approximate surface area is 120 Å². The summed E-state index contributed by atoms with van der Waals surface area (Å²) in [7, 11) is 1.98. The number of aryl methyl sites for hydroxylation is 1. The summed E-state index contributed by atoms with van der Waals surface area (Å²) in [5.74, 6) is 0. The molecule has 98 valence electrons. The molecular weight excluding hydrogens is 272 g/mol. The largest absolute Gasteiger partial charge is 0.335 e. The molecule has 0 aliphatic rings. The van der Waals surface area contributed by atoms with Crippen molar-refractivity contribution in [1.29, 1.82) is 0 Å². The van der Waals surface area contributed by atoms with Crippen LogP contribution in [0, 0.1) is 0 Å². The first-order valence-electron chi connectivity index (χ1n) is 6.27. The van der Waals surface area contributed by atoms with Gasteiger partial charge in [0.25, 0.3) is 0 Å². The van der Waals surface area contributed by atoms with Gasteiger partial charge in [0.15, 0.2) is 0 Å². The van der Waals surface area contributed by atoms with E-state index >= 15 is 0 Å². The van der Waals surface area contributed by atoms with E-state index < -0.39 is 0 Å². The second kappa shape index (κ2) is 4.08. The molecule has 0 radical (unpaired) electrons. The smallest absolute Gasteiger partial charge is 0.142 e. The highest BCUT2D eigenvalue weighted by Gasteiger charge is 2.10. The molecule has 0 spiro atoms. The molecule has 0 bridgehead atoms. The van der Waals surface area contributed by atoms with Gasteiger partial charge in [-0.15, -0.1) is 0 Å². The van der Waals surface area contributed by atoms with Gasteiger partial charge in [-0.1, -0.05) is 11.6 Å². The molecule has 0 aliphatic heterocycles. The van der Waals surface area contributed by atoms with Crippen molar-refractivity contribution in [2.75, 3.05) is 0 Å². The van der Waals surface area contributed by atoms with E-state index in [0.29, 0.717) is 5.15 Å². The first kappa shape index (κ1) is 11.5. The number of nitrogens with zero attached hydrogens (tertiary/aromatic N) is 4. The highest BCUT2D eigenvalue weighted by Crippen LogP contribution is 2.30. The number of halogens is 1. The minimum absolute atomic E-state index is 0.510. The van der Waals surface area contributed by atoms with Gasteiger partial charge < -0.3 is 8.97 Å². The van der Waals surface area contributed by atoms with Crippen LogP contribution in [0.4, 0.5) is 0 Å². The third kappa shape index (κ3) is 1.62. The van der Waals surface area contributed by atoms with Crippen LogP contribution < -0.4 is 0 Å². The molecule has 5 heteroatoms. The number of hydrogen-bond acceptors (Lipinski definition) is 2. The zero-order valence-electron chi connectivity index (χ0n) is 10.8. The molecule has 20 heavy (non-hydrogen) atoms. The Morgan fingerprint density at radius 1 is 1.10 bits per heavy atom. The summed E-state index contributed by atoms with van der Waals surface area (Å²) in [5.41, 5.74) is 4.10. The fourth-order valence-corrected chi connectivity index (χ4v) is 2.68. The normalized spacial score (nSPS) is 11.5. The third-order valence-corrected chi connectivity index (χ3v) is 3.70. The Morgan fingerprint density at radius 3 is 2.90 bits per heavy atom. The molecule has 0 atom stereocenters. The van der Waals surface area contributed by atoms with Gasteiger partial charge in [0, 0.05) is 48.3 Å². The average molecular weight is 283 g/mol. The fourth-order valence-electron chi connectivity index (χ4n) is 2.54. The average Bonchev–Trinajstić information content (AvgIpc) is 3.03. The number of rotatable bonds is 1. The Bertz CT molecular complexity index is 936. The zero-order valence-corrected chi connectivity index (χ0v) is 11.5. The van der Waals surface area contributed by atoms with Crippen LogP contribution in [-0.2, 0) is 7.05 Å². The number of aromatic nitrogens is 4. The predicted octanol–water partition coefficient (Wildman–Crippen LogP) is 3.54. The van der Waals surface area contributed by atoms with E-state index in [9.17, 15) is 0 Å². The van der Waals surface area contributed by atoms with Crippen molar-refractivity contribution in [3.8, 4) is 11.1 Å². The van der Waals surface area contributed by atoms with Crippen molar-refractivity contribution in [2.45, 2.75) is 0 Å². The van der Waals surface area contributed by atoms with Gasteiger partial charge in [-0.2, -0.15) is 0 Å². The predicted molar refractivity (Wildman–Crippen MR) is 79.9 cm³/mol. The number of hydrogen-bond donors (Lipinski definition) is 0. The van der Waals surface area contributed by atoms with Crippen LogP contribution in [0.25, 0.3) is 27.8 Å². The molecule has 0 amide bonds. The Balaban J connectivity index is 2.01. The molecule has 4 rings (SSSR count). The Hall–Kier alpha value is -2.33. The summed E-state index contributed by atoms with van der Waals surface area (Å²) in [6.07, 6.45) is 7.89. The molecule has 4 aromatic rings. The molecule has 4 heterocycles. The quantitative estimate of drug-likeness (QED) is 0.501. The van der Waals surface area contributed by atoms with Crippen molar-refractivity contribution in [3.05, 3.63) is 54.2 Å². The standard InChI is InChI=1S/C15H11ClN4/c1-19-9-12(11-3-4-13(16)18-15(11)19)10-2-5-14-17-6-7-20(14)8-10/h2-9H,1H3. The van der Waals surface area contributed by atoms with Crippen molar-refractivity contribution in [1.82, 2.24) is 18.9 Å².